The van der Waals surface area contributed by atoms with E-state index in [0.717, 1.165) is 5.56 Å². The first-order valence-corrected chi connectivity index (χ1v) is 11.7. The van der Waals surface area contributed by atoms with Gasteiger partial charge in [0.2, 0.25) is 0 Å². The average molecular weight is 508 g/mol. The Balaban J connectivity index is 1.89. The molecule has 0 saturated carbocycles. The molecular weight excluding hydrogens is 482 g/mol. The van der Waals surface area contributed by atoms with Crippen molar-refractivity contribution in [1.82, 2.24) is 0 Å². The number of methoxy groups -OCH3 is 1. The van der Waals surface area contributed by atoms with E-state index in [1.165, 1.54) is 30.2 Å². The predicted molar refractivity (Wildman–Crippen MR) is 138 cm³/mol. The summed E-state index contributed by atoms with van der Waals surface area (Å²) in [4.78, 5) is 27.9. The van der Waals surface area contributed by atoms with Crippen LogP contribution in [0.25, 0.3) is 5.76 Å². The lowest BCUT2D eigenvalue weighted by Gasteiger charge is -2.26. The number of Topliss-reactive ketones (excluding diaryl/α,β-unsaturated/α-hetero) is 1. The Morgan fingerprint density at radius 3 is 2.25 bits per heavy atom. The van der Waals surface area contributed by atoms with Gasteiger partial charge in [0, 0.05) is 11.3 Å². The van der Waals surface area contributed by atoms with Crippen LogP contribution in [0.4, 0.5) is 5.69 Å². The first-order chi connectivity index (χ1) is 17.1. The van der Waals surface area contributed by atoms with Gasteiger partial charge in [-0.3, -0.25) is 14.5 Å². The number of phenols is 1. The van der Waals surface area contributed by atoms with Crippen LogP contribution in [0.1, 0.15) is 36.6 Å². The second kappa shape index (κ2) is 9.95. The minimum absolute atomic E-state index is 0.0274. The van der Waals surface area contributed by atoms with Gasteiger partial charge in [0.15, 0.2) is 0 Å². The third kappa shape index (κ3) is 4.62. The van der Waals surface area contributed by atoms with Crippen molar-refractivity contribution in [2.24, 2.45) is 0 Å². The molecule has 4 rings (SSSR count). The van der Waals surface area contributed by atoms with E-state index in [-0.39, 0.29) is 28.2 Å². The zero-order valence-corrected chi connectivity index (χ0v) is 21.0. The number of carbonyl (C=O) groups excluding carboxylic acids is 2. The van der Waals surface area contributed by atoms with Crippen LogP contribution in [-0.4, -0.2) is 35.1 Å². The molecule has 3 aromatic carbocycles. The summed E-state index contributed by atoms with van der Waals surface area (Å²) in [6.45, 7) is 5.67. The number of phenolic OH excluding ortho intramolecular Hbond substituents is 1. The highest BCUT2D eigenvalue weighted by Crippen LogP contribution is 2.44. The summed E-state index contributed by atoms with van der Waals surface area (Å²) >= 11 is 6.32. The number of hydrogen-bond donors (Lipinski definition) is 2. The molecule has 1 amide bonds. The van der Waals surface area contributed by atoms with Crippen LogP contribution >= 0.6 is 11.6 Å². The lowest BCUT2D eigenvalue weighted by atomic mass is 9.94. The lowest BCUT2D eigenvalue weighted by Crippen LogP contribution is -2.29. The van der Waals surface area contributed by atoms with E-state index >= 15 is 0 Å². The number of halogens is 1. The van der Waals surface area contributed by atoms with Crippen LogP contribution < -0.4 is 14.4 Å². The lowest BCUT2D eigenvalue weighted by molar-refractivity contribution is -0.132. The first-order valence-electron chi connectivity index (χ1n) is 11.3. The molecule has 0 aliphatic carbocycles. The number of ether oxygens (including phenoxy) is 2. The van der Waals surface area contributed by atoms with E-state index in [4.69, 9.17) is 21.1 Å². The monoisotopic (exact) mass is 507 g/mol. The Bertz CT molecular complexity index is 1360. The maximum absolute atomic E-state index is 13.3. The van der Waals surface area contributed by atoms with Crippen LogP contribution in [-0.2, 0) is 9.59 Å². The molecule has 0 radical (unpaired) electrons. The summed E-state index contributed by atoms with van der Waals surface area (Å²) in [5.41, 5.74) is 1.95. The van der Waals surface area contributed by atoms with E-state index in [1.54, 1.807) is 42.5 Å². The number of aliphatic hydroxyl groups is 1. The van der Waals surface area contributed by atoms with Gasteiger partial charge < -0.3 is 19.7 Å². The predicted octanol–water partition coefficient (Wildman–Crippen LogP) is 5.78. The Morgan fingerprint density at radius 2 is 1.67 bits per heavy atom. The van der Waals surface area contributed by atoms with Crippen molar-refractivity contribution in [1.29, 1.82) is 0 Å². The zero-order chi connectivity index (χ0) is 26.1. The largest absolute Gasteiger partial charge is 0.508 e. The third-order valence-corrected chi connectivity index (χ3v) is 6.17. The number of amides is 1. The Kier molecular flexibility index (Phi) is 6.95. The average Bonchev–Trinajstić information content (AvgIpc) is 3.10. The SMILES string of the molecule is COc1ccc(N2C(=O)C(=O)/C(=C(/O)c3ccc(OC(C)C)c(C)c3)C2c2ccc(O)cc2)cc1Cl. The first kappa shape index (κ1) is 25.1. The number of hydrogen-bond acceptors (Lipinski definition) is 6. The van der Waals surface area contributed by atoms with Crippen LogP contribution in [0.2, 0.25) is 5.02 Å². The molecule has 186 valence electrons. The van der Waals surface area contributed by atoms with Crippen molar-refractivity contribution in [2.45, 2.75) is 32.9 Å². The summed E-state index contributed by atoms with van der Waals surface area (Å²) in [5, 5.41) is 21.4. The second-order valence-corrected chi connectivity index (χ2v) is 9.13. The quantitative estimate of drug-likeness (QED) is 0.249. The smallest absolute Gasteiger partial charge is 0.300 e. The molecule has 0 aromatic heterocycles. The van der Waals surface area contributed by atoms with Crippen LogP contribution in [0.3, 0.4) is 0 Å². The van der Waals surface area contributed by atoms with Gasteiger partial charge >= 0.3 is 0 Å². The van der Waals surface area contributed by atoms with Crippen LogP contribution in [0, 0.1) is 6.92 Å². The molecule has 1 heterocycles. The number of aliphatic hydroxyl groups excluding tert-OH is 1. The number of aryl methyl sites for hydroxylation is 1. The van der Waals surface area contributed by atoms with Gasteiger partial charge in [0.25, 0.3) is 11.7 Å². The number of aromatic hydroxyl groups is 1. The molecule has 0 bridgehead atoms. The maximum Gasteiger partial charge on any atom is 0.300 e. The molecule has 7 nitrogen and oxygen atoms in total. The molecule has 0 spiro atoms. The Morgan fingerprint density at radius 1 is 1.00 bits per heavy atom. The number of benzene rings is 3. The second-order valence-electron chi connectivity index (χ2n) is 8.73. The summed E-state index contributed by atoms with van der Waals surface area (Å²) in [7, 11) is 1.48. The standard InChI is InChI=1S/C28H26ClNO6/c1-15(2)36-22-11-7-18(13-16(22)3)26(32)24-25(17-5-9-20(31)10-6-17)30(28(34)27(24)33)19-8-12-23(35-4)21(29)14-19/h5-15,25,31-32H,1-4H3/b26-24+. The number of anilines is 1. The van der Waals surface area contributed by atoms with E-state index in [9.17, 15) is 19.8 Å². The van der Waals surface area contributed by atoms with E-state index in [0.29, 0.717) is 28.3 Å². The van der Waals surface area contributed by atoms with E-state index < -0.39 is 17.7 Å². The number of carbonyl (C=O) groups is 2. The molecule has 2 N–H and O–H groups in total. The zero-order valence-electron chi connectivity index (χ0n) is 20.3. The van der Waals surface area contributed by atoms with Crippen molar-refractivity contribution >= 4 is 34.7 Å². The van der Waals surface area contributed by atoms with Gasteiger partial charge in [0.1, 0.15) is 23.0 Å². The molecule has 1 saturated heterocycles. The van der Waals surface area contributed by atoms with Gasteiger partial charge in [-0.05, 0) is 80.4 Å². The van der Waals surface area contributed by atoms with Gasteiger partial charge in [-0.25, -0.2) is 0 Å². The maximum atomic E-state index is 13.3. The highest BCUT2D eigenvalue weighted by Gasteiger charge is 2.47. The number of ketones is 1. The van der Waals surface area contributed by atoms with Crippen molar-refractivity contribution in [3.63, 3.8) is 0 Å². The number of rotatable bonds is 6. The minimum Gasteiger partial charge on any atom is -0.508 e. The summed E-state index contributed by atoms with van der Waals surface area (Å²) in [6, 6.07) is 15.0. The third-order valence-electron chi connectivity index (χ3n) is 5.88. The molecule has 1 unspecified atom stereocenters. The normalized spacial score (nSPS) is 17.1. The molecule has 1 aliphatic heterocycles. The Labute approximate surface area is 214 Å². The van der Waals surface area contributed by atoms with E-state index in [1.807, 2.05) is 20.8 Å². The molecule has 1 fully saturated rings. The van der Waals surface area contributed by atoms with Gasteiger partial charge in [-0.1, -0.05) is 23.7 Å². The summed E-state index contributed by atoms with van der Waals surface area (Å²) < 4.78 is 11.0. The van der Waals surface area contributed by atoms with Crippen LogP contribution in [0.5, 0.6) is 17.2 Å². The highest BCUT2D eigenvalue weighted by molar-refractivity contribution is 6.51. The molecular formula is C28H26ClNO6. The molecule has 36 heavy (non-hydrogen) atoms. The van der Waals surface area contributed by atoms with Crippen molar-refractivity contribution in [2.75, 3.05) is 12.0 Å². The summed E-state index contributed by atoms with van der Waals surface area (Å²) in [5.74, 6) is -0.861. The topological polar surface area (TPSA) is 96.3 Å². The van der Waals surface area contributed by atoms with Gasteiger partial charge in [-0.2, -0.15) is 0 Å². The van der Waals surface area contributed by atoms with E-state index in [2.05, 4.69) is 0 Å². The van der Waals surface area contributed by atoms with Crippen molar-refractivity contribution < 1.29 is 29.3 Å². The molecule has 8 heteroatoms. The molecule has 3 aromatic rings. The number of nitrogens with zero attached hydrogens (tertiary/aromatic N) is 1. The fourth-order valence-corrected chi connectivity index (χ4v) is 4.47. The summed E-state index contributed by atoms with van der Waals surface area (Å²) in [6.07, 6.45) is -0.0284. The molecule has 1 aliphatic rings. The van der Waals surface area contributed by atoms with Crippen molar-refractivity contribution in [3.8, 4) is 17.2 Å². The fourth-order valence-electron chi connectivity index (χ4n) is 4.21. The van der Waals surface area contributed by atoms with Crippen molar-refractivity contribution in [3.05, 3.63) is 87.9 Å². The minimum atomic E-state index is -0.957. The highest BCUT2D eigenvalue weighted by atomic mass is 35.5. The fraction of sp³-hybridized carbons (Fsp3) is 0.214. The van der Waals surface area contributed by atoms with Gasteiger partial charge in [0.05, 0.1) is 29.9 Å². The molecule has 1 atom stereocenters. The van der Waals surface area contributed by atoms with Gasteiger partial charge in [-0.15, -0.1) is 0 Å². The van der Waals surface area contributed by atoms with Crippen LogP contribution in [0.15, 0.2) is 66.2 Å². The Hall–Kier alpha value is -3.97.